The minimum Gasteiger partial charge on any atom is -0.399 e. The van der Waals surface area contributed by atoms with Crippen LogP contribution in [0.4, 0.5) is 5.69 Å². The summed E-state index contributed by atoms with van der Waals surface area (Å²) in [6.07, 6.45) is 5.10. The summed E-state index contributed by atoms with van der Waals surface area (Å²) in [5.74, 6) is 0.661. The lowest BCUT2D eigenvalue weighted by atomic mass is 10.1. The minimum absolute atomic E-state index is 0.00713. The highest BCUT2D eigenvalue weighted by Gasteiger charge is 2.16. The van der Waals surface area contributed by atoms with Crippen molar-refractivity contribution in [2.75, 3.05) is 12.3 Å². The number of hydrogen-bond donors (Lipinski definition) is 2. The molecule has 0 bridgehead atoms. The van der Waals surface area contributed by atoms with Crippen molar-refractivity contribution in [2.24, 2.45) is 5.92 Å². The number of nitrogen functional groups attached to an aromatic ring is 1. The summed E-state index contributed by atoms with van der Waals surface area (Å²) >= 11 is 0. The van der Waals surface area contributed by atoms with Gasteiger partial charge >= 0.3 is 0 Å². The molecule has 0 heterocycles. The van der Waals surface area contributed by atoms with Gasteiger partial charge in [-0.25, -0.2) is 0 Å². The highest BCUT2D eigenvalue weighted by Crippen LogP contribution is 2.23. The van der Waals surface area contributed by atoms with Crippen LogP contribution in [-0.4, -0.2) is 12.5 Å². The molecule has 0 radical (unpaired) electrons. The Labute approximate surface area is 102 Å². The van der Waals surface area contributed by atoms with Gasteiger partial charge in [0, 0.05) is 17.8 Å². The van der Waals surface area contributed by atoms with Gasteiger partial charge in [-0.2, -0.15) is 0 Å². The zero-order valence-electron chi connectivity index (χ0n) is 10.3. The molecule has 3 N–H and O–H groups in total. The molecule has 1 aromatic rings. The van der Waals surface area contributed by atoms with Crippen LogP contribution in [0, 0.1) is 12.8 Å². The number of anilines is 1. The summed E-state index contributed by atoms with van der Waals surface area (Å²) in [6.45, 7) is 2.75. The summed E-state index contributed by atoms with van der Waals surface area (Å²) in [6, 6.07) is 5.48. The predicted molar refractivity (Wildman–Crippen MR) is 69.9 cm³/mol. The van der Waals surface area contributed by atoms with Gasteiger partial charge in [0.2, 0.25) is 0 Å². The molecular formula is C14H20N2O. The first kappa shape index (κ1) is 12.0. The van der Waals surface area contributed by atoms with E-state index in [1.54, 1.807) is 6.07 Å². The van der Waals surface area contributed by atoms with E-state index in [2.05, 4.69) is 5.32 Å². The maximum atomic E-state index is 11.9. The van der Waals surface area contributed by atoms with Crippen molar-refractivity contribution in [2.45, 2.75) is 32.6 Å². The Kier molecular flexibility index (Phi) is 3.67. The molecule has 0 atom stereocenters. The highest BCUT2D eigenvalue weighted by molar-refractivity contribution is 5.95. The van der Waals surface area contributed by atoms with Gasteiger partial charge in [-0.05, 0) is 49.4 Å². The lowest BCUT2D eigenvalue weighted by Crippen LogP contribution is -2.28. The van der Waals surface area contributed by atoms with Gasteiger partial charge in [0.15, 0.2) is 0 Å². The molecule has 1 aliphatic rings. The summed E-state index contributed by atoms with van der Waals surface area (Å²) in [4.78, 5) is 11.9. The van der Waals surface area contributed by atoms with E-state index < -0.39 is 0 Å². The van der Waals surface area contributed by atoms with Crippen molar-refractivity contribution in [3.63, 3.8) is 0 Å². The topological polar surface area (TPSA) is 55.1 Å². The minimum atomic E-state index is -0.00713. The van der Waals surface area contributed by atoms with Gasteiger partial charge in [-0.1, -0.05) is 12.8 Å². The second-order valence-electron chi connectivity index (χ2n) is 4.99. The van der Waals surface area contributed by atoms with Crippen molar-refractivity contribution in [1.29, 1.82) is 0 Å². The van der Waals surface area contributed by atoms with Gasteiger partial charge in [0.25, 0.3) is 5.91 Å². The molecular weight excluding hydrogens is 212 g/mol. The fraction of sp³-hybridized carbons (Fsp3) is 0.500. The first-order valence-corrected chi connectivity index (χ1v) is 6.30. The third kappa shape index (κ3) is 3.22. The monoisotopic (exact) mass is 232 g/mol. The van der Waals surface area contributed by atoms with E-state index in [4.69, 9.17) is 5.73 Å². The number of nitrogens with one attached hydrogen (secondary N) is 1. The van der Waals surface area contributed by atoms with Crippen LogP contribution in [0.1, 0.15) is 41.6 Å². The van der Waals surface area contributed by atoms with Crippen molar-refractivity contribution >= 4 is 11.6 Å². The lowest BCUT2D eigenvalue weighted by Gasteiger charge is -2.11. The zero-order valence-corrected chi connectivity index (χ0v) is 10.3. The number of carbonyl (C=O) groups is 1. The van der Waals surface area contributed by atoms with Crippen LogP contribution < -0.4 is 11.1 Å². The Morgan fingerprint density at radius 2 is 2.06 bits per heavy atom. The number of carbonyl (C=O) groups excluding carboxylic acids is 1. The molecule has 1 aliphatic carbocycles. The van der Waals surface area contributed by atoms with Crippen LogP contribution in [0.5, 0.6) is 0 Å². The molecule has 3 heteroatoms. The van der Waals surface area contributed by atoms with Gasteiger partial charge < -0.3 is 11.1 Å². The number of hydrogen-bond acceptors (Lipinski definition) is 2. The molecule has 2 rings (SSSR count). The molecule has 1 fully saturated rings. The number of aryl methyl sites for hydroxylation is 1. The van der Waals surface area contributed by atoms with Crippen LogP contribution >= 0.6 is 0 Å². The SMILES string of the molecule is Cc1cc(N)cc(C(=O)NCC2CCCC2)c1. The van der Waals surface area contributed by atoms with Crippen molar-refractivity contribution < 1.29 is 4.79 Å². The maximum Gasteiger partial charge on any atom is 0.251 e. The van der Waals surface area contributed by atoms with E-state index in [-0.39, 0.29) is 5.91 Å². The summed E-state index contributed by atoms with van der Waals surface area (Å²) in [5, 5.41) is 3.00. The second kappa shape index (κ2) is 5.21. The molecule has 0 aromatic heterocycles. The smallest absolute Gasteiger partial charge is 0.251 e. The normalized spacial score (nSPS) is 16.1. The third-order valence-electron chi connectivity index (χ3n) is 3.39. The maximum absolute atomic E-state index is 11.9. The van der Waals surface area contributed by atoms with Crippen LogP contribution in [-0.2, 0) is 0 Å². The van der Waals surface area contributed by atoms with Crippen molar-refractivity contribution in [3.8, 4) is 0 Å². The van der Waals surface area contributed by atoms with Crippen LogP contribution in [0.25, 0.3) is 0 Å². The Morgan fingerprint density at radius 3 is 2.71 bits per heavy atom. The Hall–Kier alpha value is -1.51. The molecule has 0 saturated heterocycles. The van der Waals surface area contributed by atoms with E-state index >= 15 is 0 Å². The van der Waals surface area contributed by atoms with E-state index in [0.717, 1.165) is 12.1 Å². The molecule has 17 heavy (non-hydrogen) atoms. The summed E-state index contributed by atoms with van der Waals surface area (Å²) in [5.41, 5.74) is 8.08. The molecule has 3 nitrogen and oxygen atoms in total. The Balaban J connectivity index is 1.94. The Bertz CT molecular complexity index is 388. The van der Waals surface area contributed by atoms with Gasteiger partial charge in [-0.3, -0.25) is 4.79 Å². The largest absolute Gasteiger partial charge is 0.399 e. The zero-order chi connectivity index (χ0) is 12.3. The molecule has 92 valence electrons. The standard InChI is InChI=1S/C14H20N2O/c1-10-6-12(8-13(15)7-10)14(17)16-9-11-4-2-3-5-11/h6-8,11H,2-5,9,15H2,1H3,(H,16,17). The second-order valence-corrected chi connectivity index (χ2v) is 4.99. The molecule has 1 amide bonds. The van der Waals surface area contributed by atoms with Crippen LogP contribution in [0.3, 0.4) is 0 Å². The van der Waals surface area contributed by atoms with E-state index in [0.29, 0.717) is 17.2 Å². The van der Waals surface area contributed by atoms with Crippen molar-refractivity contribution in [3.05, 3.63) is 29.3 Å². The van der Waals surface area contributed by atoms with Crippen molar-refractivity contribution in [1.82, 2.24) is 5.32 Å². The molecule has 0 unspecified atom stereocenters. The number of benzene rings is 1. The molecule has 1 aromatic carbocycles. The first-order valence-electron chi connectivity index (χ1n) is 6.30. The fourth-order valence-electron chi connectivity index (χ4n) is 2.50. The first-order chi connectivity index (χ1) is 8.15. The summed E-state index contributed by atoms with van der Waals surface area (Å²) in [7, 11) is 0. The molecule has 0 aliphatic heterocycles. The Morgan fingerprint density at radius 1 is 1.35 bits per heavy atom. The summed E-state index contributed by atoms with van der Waals surface area (Å²) < 4.78 is 0. The predicted octanol–water partition coefficient (Wildman–Crippen LogP) is 2.50. The quantitative estimate of drug-likeness (QED) is 0.787. The van der Waals surface area contributed by atoms with E-state index in [1.165, 1.54) is 25.7 Å². The van der Waals surface area contributed by atoms with Gasteiger partial charge in [0.05, 0.1) is 0 Å². The lowest BCUT2D eigenvalue weighted by molar-refractivity contribution is 0.0947. The third-order valence-corrected chi connectivity index (χ3v) is 3.39. The average molecular weight is 232 g/mol. The van der Waals surface area contributed by atoms with E-state index in [9.17, 15) is 4.79 Å². The number of amides is 1. The molecule has 1 saturated carbocycles. The van der Waals surface area contributed by atoms with Gasteiger partial charge in [0.1, 0.15) is 0 Å². The number of rotatable bonds is 3. The van der Waals surface area contributed by atoms with Crippen LogP contribution in [0.15, 0.2) is 18.2 Å². The fourth-order valence-corrected chi connectivity index (χ4v) is 2.50. The van der Waals surface area contributed by atoms with E-state index in [1.807, 2.05) is 19.1 Å². The van der Waals surface area contributed by atoms with Gasteiger partial charge in [-0.15, -0.1) is 0 Å². The number of nitrogens with two attached hydrogens (primary N) is 1. The average Bonchev–Trinajstić information content (AvgIpc) is 2.77. The highest BCUT2D eigenvalue weighted by atomic mass is 16.1. The molecule has 0 spiro atoms. The van der Waals surface area contributed by atoms with Crippen LogP contribution in [0.2, 0.25) is 0 Å².